The summed E-state index contributed by atoms with van der Waals surface area (Å²) in [4.78, 5) is 12.3. The van der Waals surface area contributed by atoms with Crippen LogP contribution >= 0.6 is 11.6 Å². The molecule has 3 rings (SSSR count). The number of benzene rings is 2. The van der Waals surface area contributed by atoms with Gasteiger partial charge in [-0.25, -0.2) is 0 Å². The summed E-state index contributed by atoms with van der Waals surface area (Å²) in [6.45, 7) is 1.24. The molecule has 1 atom stereocenters. The van der Waals surface area contributed by atoms with Crippen molar-refractivity contribution >= 4 is 17.5 Å². The van der Waals surface area contributed by atoms with Gasteiger partial charge in [0.25, 0.3) is 0 Å². The zero-order chi connectivity index (χ0) is 16.1. The first-order valence-electron chi connectivity index (χ1n) is 7.94. The molecule has 1 amide bonds. The average molecular weight is 329 g/mol. The van der Waals surface area contributed by atoms with E-state index in [9.17, 15) is 4.79 Å². The minimum absolute atomic E-state index is 0.103. The lowest BCUT2D eigenvalue weighted by Gasteiger charge is -2.22. The molecule has 2 N–H and O–H groups in total. The van der Waals surface area contributed by atoms with E-state index >= 15 is 0 Å². The summed E-state index contributed by atoms with van der Waals surface area (Å²) in [7, 11) is 0. The van der Waals surface area contributed by atoms with Gasteiger partial charge in [-0.3, -0.25) is 4.79 Å². The van der Waals surface area contributed by atoms with Crippen molar-refractivity contribution in [2.75, 3.05) is 0 Å². The van der Waals surface area contributed by atoms with Gasteiger partial charge in [0.05, 0.1) is 0 Å². The van der Waals surface area contributed by atoms with Gasteiger partial charge in [-0.15, -0.1) is 11.6 Å². The number of carbonyl (C=O) groups excluding carboxylic acids is 1. The predicted molar refractivity (Wildman–Crippen MR) is 93.2 cm³/mol. The van der Waals surface area contributed by atoms with Crippen LogP contribution in [0, 0.1) is 0 Å². The molecule has 0 spiro atoms. The molecule has 1 unspecified atom stereocenters. The van der Waals surface area contributed by atoms with Gasteiger partial charge in [0.2, 0.25) is 5.91 Å². The summed E-state index contributed by atoms with van der Waals surface area (Å²) < 4.78 is 0. The molecule has 0 aromatic heterocycles. The molecule has 0 radical (unpaired) electrons. The predicted octanol–water partition coefficient (Wildman–Crippen LogP) is 3.23. The van der Waals surface area contributed by atoms with Crippen molar-refractivity contribution in [2.45, 2.75) is 36.8 Å². The van der Waals surface area contributed by atoms with E-state index in [4.69, 9.17) is 11.6 Å². The number of halogens is 1. The van der Waals surface area contributed by atoms with Gasteiger partial charge in [0, 0.05) is 18.6 Å². The highest BCUT2D eigenvalue weighted by Crippen LogP contribution is 2.41. The summed E-state index contributed by atoms with van der Waals surface area (Å²) in [6.07, 6.45) is 1.87. The summed E-state index contributed by atoms with van der Waals surface area (Å²) in [5.41, 5.74) is 2.01. The minimum Gasteiger partial charge on any atom is -0.351 e. The molecule has 1 aliphatic rings. The highest BCUT2D eigenvalue weighted by atomic mass is 35.5. The Hall–Kier alpha value is -1.84. The smallest absolute Gasteiger partial charge is 0.240 e. The summed E-state index contributed by atoms with van der Waals surface area (Å²) in [5, 5.41) is 5.86. The van der Waals surface area contributed by atoms with E-state index in [0.717, 1.165) is 24.9 Å². The Bertz CT molecular complexity index is 641. The topological polar surface area (TPSA) is 41.1 Å². The van der Waals surface area contributed by atoms with Crippen LogP contribution in [0.2, 0.25) is 0 Å². The number of hydrogen-bond acceptors (Lipinski definition) is 2. The molecular weight excluding hydrogens is 308 g/mol. The molecule has 1 aliphatic carbocycles. The quantitative estimate of drug-likeness (QED) is 0.766. The third-order valence-electron chi connectivity index (χ3n) is 4.30. The molecule has 120 valence electrons. The maximum Gasteiger partial charge on any atom is 0.240 e. The molecule has 2 aromatic carbocycles. The lowest BCUT2D eigenvalue weighted by Crippen LogP contribution is -2.47. The number of nitrogens with one attached hydrogen (secondary N) is 2. The van der Waals surface area contributed by atoms with Crippen LogP contribution in [0.4, 0.5) is 0 Å². The minimum atomic E-state index is -0.546. The van der Waals surface area contributed by atoms with Crippen LogP contribution in [0.15, 0.2) is 60.7 Å². The third kappa shape index (κ3) is 4.12. The van der Waals surface area contributed by atoms with Gasteiger partial charge >= 0.3 is 0 Å². The van der Waals surface area contributed by atoms with Crippen molar-refractivity contribution in [2.24, 2.45) is 0 Å². The molecule has 23 heavy (non-hydrogen) atoms. The molecule has 1 fully saturated rings. The van der Waals surface area contributed by atoms with Crippen LogP contribution in [-0.4, -0.2) is 16.8 Å². The number of amides is 1. The summed E-state index contributed by atoms with van der Waals surface area (Å²) in [6, 6.07) is 20.0. The lowest BCUT2D eigenvalue weighted by atomic mass is 10.1. The Kier molecular flexibility index (Phi) is 4.99. The van der Waals surface area contributed by atoms with Crippen LogP contribution in [0.5, 0.6) is 0 Å². The first-order valence-corrected chi connectivity index (χ1v) is 8.38. The molecule has 1 saturated carbocycles. The van der Waals surface area contributed by atoms with E-state index in [-0.39, 0.29) is 11.4 Å². The van der Waals surface area contributed by atoms with Crippen LogP contribution in [-0.2, 0) is 17.9 Å². The van der Waals surface area contributed by atoms with Crippen molar-refractivity contribution in [1.29, 1.82) is 0 Å². The highest BCUT2D eigenvalue weighted by Gasteiger charge is 2.51. The van der Waals surface area contributed by atoms with Crippen molar-refractivity contribution in [3.05, 3.63) is 71.8 Å². The molecule has 0 bridgehead atoms. The Labute approximate surface area is 142 Å². The fraction of sp³-hybridized carbons (Fsp3) is 0.316. The molecule has 0 heterocycles. The molecule has 0 saturated heterocycles. The number of hydrogen-bond donors (Lipinski definition) is 2. The second-order valence-corrected chi connectivity index (χ2v) is 6.50. The van der Waals surface area contributed by atoms with Crippen molar-refractivity contribution in [3.63, 3.8) is 0 Å². The Morgan fingerprint density at radius 1 is 0.957 bits per heavy atom. The monoisotopic (exact) mass is 328 g/mol. The average Bonchev–Trinajstić information content (AvgIpc) is 3.40. The van der Waals surface area contributed by atoms with Gasteiger partial charge < -0.3 is 10.6 Å². The second-order valence-electron chi connectivity index (χ2n) is 6.06. The third-order valence-corrected chi connectivity index (χ3v) is 4.92. The van der Waals surface area contributed by atoms with Gasteiger partial charge in [0.15, 0.2) is 0 Å². The Balaban J connectivity index is 1.52. The van der Waals surface area contributed by atoms with Gasteiger partial charge in [0.1, 0.15) is 5.38 Å². The Morgan fingerprint density at radius 3 is 2.00 bits per heavy atom. The SMILES string of the molecule is O=C(NCc1ccccc1)C(Cl)C1(NCc2ccccc2)CC1. The van der Waals surface area contributed by atoms with Gasteiger partial charge in [-0.2, -0.15) is 0 Å². The van der Waals surface area contributed by atoms with E-state index in [1.54, 1.807) is 0 Å². The van der Waals surface area contributed by atoms with Crippen molar-refractivity contribution in [1.82, 2.24) is 10.6 Å². The maximum absolute atomic E-state index is 12.3. The Morgan fingerprint density at radius 2 is 1.48 bits per heavy atom. The first-order chi connectivity index (χ1) is 11.2. The summed E-state index contributed by atoms with van der Waals surface area (Å²) >= 11 is 6.44. The number of carbonyl (C=O) groups is 1. The molecule has 0 aliphatic heterocycles. The van der Waals surface area contributed by atoms with Gasteiger partial charge in [-0.05, 0) is 24.0 Å². The van der Waals surface area contributed by atoms with Crippen LogP contribution in [0.1, 0.15) is 24.0 Å². The fourth-order valence-electron chi connectivity index (χ4n) is 2.65. The molecule has 4 heteroatoms. The first kappa shape index (κ1) is 16.0. The normalized spacial score (nSPS) is 16.6. The van der Waals surface area contributed by atoms with Crippen LogP contribution in [0.3, 0.4) is 0 Å². The van der Waals surface area contributed by atoms with E-state index in [2.05, 4.69) is 22.8 Å². The van der Waals surface area contributed by atoms with Gasteiger partial charge in [-0.1, -0.05) is 60.7 Å². The van der Waals surface area contributed by atoms with E-state index in [1.165, 1.54) is 5.56 Å². The van der Waals surface area contributed by atoms with E-state index in [1.807, 2.05) is 48.5 Å². The largest absolute Gasteiger partial charge is 0.351 e. The second kappa shape index (κ2) is 7.16. The highest BCUT2D eigenvalue weighted by molar-refractivity contribution is 6.32. The van der Waals surface area contributed by atoms with Crippen LogP contribution < -0.4 is 10.6 Å². The summed E-state index contributed by atoms with van der Waals surface area (Å²) in [5.74, 6) is -0.103. The maximum atomic E-state index is 12.3. The molecular formula is C19H21ClN2O. The molecule has 3 nitrogen and oxygen atoms in total. The zero-order valence-electron chi connectivity index (χ0n) is 13.0. The lowest BCUT2D eigenvalue weighted by molar-refractivity contribution is -0.121. The zero-order valence-corrected chi connectivity index (χ0v) is 13.7. The van der Waals surface area contributed by atoms with Crippen LogP contribution in [0.25, 0.3) is 0 Å². The van der Waals surface area contributed by atoms with E-state index in [0.29, 0.717) is 6.54 Å². The number of rotatable bonds is 7. The standard InChI is InChI=1S/C19H21ClN2O/c20-17(18(23)21-13-15-7-3-1-4-8-15)19(11-12-19)22-14-16-9-5-2-6-10-16/h1-10,17,22H,11-14H2,(H,21,23). The molecule has 2 aromatic rings. The van der Waals surface area contributed by atoms with E-state index < -0.39 is 5.38 Å². The van der Waals surface area contributed by atoms with Crippen molar-refractivity contribution in [3.8, 4) is 0 Å². The fourth-order valence-corrected chi connectivity index (χ4v) is 3.03. The van der Waals surface area contributed by atoms with Crippen molar-refractivity contribution < 1.29 is 4.79 Å². The number of alkyl halides is 1.